The minimum absolute atomic E-state index is 0.198. The van der Waals surface area contributed by atoms with Crippen LogP contribution in [0.1, 0.15) is 33.6 Å². The molecule has 0 saturated heterocycles. The average molecular weight is 266 g/mol. The van der Waals surface area contributed by atoms with Gasteiger partial charge in [0.25, 0.3) is 0 Å². The molecule has 2 N–H and O–H groups in total. The molecule has 6 nitrogen and oxygen atoms in total. The molecule has 1 amide bonds. The fraction of sp³-hybridized carbons (Fsp3) is 0.692. The van der Waals surface area contributed by atoms with Crippen LogP contribution in [0.2, 0.25) is 0 Å². The van der Waals surface area contributed by atoms with Crippen molar-refractivity contribution < 1.29 is 9.53 Å². The van der Waals surface area contributed by atoms with Crippen LogP contribution in [-0.4, -0.2) is 33.6 Å². The molecule has 0 unspecified atom stereocenters. The fourth-order valence-corrected chi connectivity index (χ4v) is 2.06. The molecule has 0 aliphatic heterocycles. The molecule has 1 aliphatic rings. The van der Waals surface area contributed by atoms with Gasteiger partial charge in [0, 0.05) is 25.3 Å². The van der Waals surface area contributed by atoms with Crippen LogP contribution in [0.4, 0.5) is 10.5 Å². The number of aryl methyl sites for hydroxylation is 1. The minimum atomic E-state index is -0.443. The Labute approximate surface area is 113 Å². The van der Waals surface area contributed by atoms with Gasteiger partial charge in [-0.15, -0.1) is 0 Å². The first kappa shape index (κ1) is 13.7. The van der Waals surface area contributed by atoms with Gasteiger partial charge in [-0.05, 0) is 33.6 Å². The van der Waals surface area contributed by atoms with E-state index in [-0.39, 0.29) is 12.1 Å². The number of ether oxygens (including phenoxy) is 1. The van der Waals surface area contributed by atoms with Crippen LogP contribution in [0, 0.1) is 0 Å². The molecular formula is C13H22N4O2. The van der Waals surface area contributed by atoms with Gasteiger partial charge in [0.1, 0.15) is 5.60 Å². The van der Waals surface area contributed by atoms with Crippen LogP contribution in [0.3, 0.4) is 0 Å². The van der Waals surface area contributed by atoms with Gasteiger partial charge in [-0.25, -0.2) is 4.79 Å². The zero-order chi connectivity index (χ0) is 14.0. The van der Waals surface area contributed by atoms with E-state index >= 15 is 0 Å². The van der Waals surface area contributed by atoms with Gasteiger partial charge in [-0.1, -0.05) is 0 Å². The van der Waals surface area contributed by atoms with E-state index in [0.717, 1.165) is 18.5 Å². The number of anilines is 1. The molecule has 1 fully saturated rings. The molecule has 106 valence electrons. The van der Waals surface area contributed by atoms with Crippen molar-refractivity contribution >= 4 is 11.8 Å². The Morgan fingerprint density at radius 3 is 2.63 bits per heavy atom. The Morgan fingerprint density at radius 1 is 1.42 bits per heavy atom. The van der Waals surface area contributed by atoms with Gasteiger partial charge in [-0.2, -0.15) is 5.10 Å². The van der Waals surface area contributed by atoms with Crippen molar-refractivity contribution in [1.29, 1.82) is 0 Å². The standard InChI is InChI=1S/C13H22N4O2/c1-13(2,3)19-12(18)16-10-5-9(6-10)15-11-7-14-17(4)8-11/h7-10,15H,5-6H2,1-4H3,(H,16,18). The smallest absolute Gasteiger partial charge is 0.407 e. The monoisotopic (exact) mass is 266 g/mol. The van der Waals surface area contributed by atoms with Crippen molar-refractivity contribution in [3.8, 4) is 0 Å². The SMILES string of the molecule is Cn1cc(NC2CC(NC(=O)OC(C)(C)C)C2)cn1. The summed E-state index contributed by atoms with van der Waals surface area (Å²) in [6, 6.07) is 0.591. The zero-order valence-electron chi connectivity index (χ0n) is 11.9. The highest BCUT2D eigenvalue weighted by atomic mass is 16.6. The third kappa shape index (κ3) is 4.15. The molecule has 0 aromatic carbocycles. The lowest BCUT2D eigenvalue weighted by Gasteiger charge is -2.36. The van der Waals surface area contributed by atoms with Crippen LogP contribution >= 0.6 is 0 Å². The highest BCUT2D eigenvalue weighted by Gasteiger charge is 2.31. The first-order valence-electron chi connectivity index (χ1n) is 6.56. The normalized spacial score (nSPS) is 22.5. The van der Waals surface area contributed by atoms with Gasteiger partial charge in [0.15, 0.2) is 0 Å². The second-order valence-corrected chi connectivity index (χ2v) is 6.06. The van der Waals surface area contributed by atoms with E-state index in [0.29, 0.717) is 6.04 Å². The van der Waals surface area contributed by atoms with Crippen LogP contribution in [0.25, 0.3) is 0 Å². The van der Waals surface area contributed by atoms with E-state index in [4.69, 9.17) is 4.74 Å². The lowest BCUT2D eigenvalue weighted by molar-refractivity contribution is 0.0475. The maximum Gasteiger partial charge on any atom is 0.407 e. The highest BCUT2D eigenvalue weighted by molar-refractivity contribution is 5.68. The van der Waals surface area contributed by atoms with Crippen molar-refractivity contribution in [3.63, 3.8) is 0 Å². The minimum Gasteiger partial charge on any atom is -0.444 e. The summed E-state index contributed by atoms with van der Waals surface area (Å²) in [4.78, 5) is 11.6. The maximum atomic E-state index is 11.6. The molecule has 0 radical (unpaired) electrons. The number of amides is 1. The molecule has 1 aromatic heterocycles. The Morgan fingerprint density at radius 2 is 2.11 bits per heavy atom. The molecule has 0 spiro atoms. The van der Waals surface area contributed by atoms with Crippen molar-refractivity contribution in [2.24, 2.45) is 7.05 Å². The molecule has 1 aromatic rings. The van der Waals surface area contributed by atoms with Crippen LogP contribution < -0.4 is 10.6 Å². The van der Waals surface area contributed by atoms with Gasteiger partial charge in [-0.3, -0.25) is 4.68 Å². The van der Waals surface area contributed by atoms with E-state index < -0.39 is 5.60 Å². The number of hydrogen-bond donors (Lipinski definition) is 2. The highest BCUT2D eigenvalue weighted by Crippen LogP contribution is 2.24. The van der Waals surface area contributed by atoms with E-state index in [2.05, 4.69) is 15.7 Å². The molecule has 1 saturated carbocycles. The third-order valence-corrected chi connectivity index (χ3v) is 2.93. The third-order valence-electron chi connectivity index (χ3n) is 2.93. The molecule has 0 atom stereocenters. The summed E-state index contributed by atoms with van der Waals surface area (Å²) in [5.74, 6) is 0. The first-order chi connectivity index (χ1) is 8.82. The molecule has 2 rings (SSSR count). The van der Waals surface area contributed by atoms with Gasteiger partial charge in [0.2, 0.25) is 0 Å². The Hall–Kier alpha value is -1.72. The Bertz CT molecular complexity index is 444. The quantitative estimate of drug-likeness (QED) is 0.876. The largest absolute Gasteiger partial charge is 0.444 e. The van der Waals surface area contributed by atoms with Crippen molar-refractivity contribution in [3.05, 3.63) is 12.4 Å². The number of rotatable bonds is 3. The lowest BCUT2D eigenvalue weighted by Crippen LogP contribution is -2.50. The number of alkyl carbamates (subject to hydrolysis) is 1. The topological polar surface area (TPSA) is 68.2 Å². The summed E-state index contributed by atoms with van der Waals surface area (Å²) < 4.78 is 6.98. The number of aromatic nitrogens is 2. The maximum absolute atomic E-state index is 11.6. The van der Waals surface area contributed by atoms with Crippen molar-refractivity contribution in [2.75, 3.05) is 5.32 Å². The number of nitrogens with zero attached hydrogens (tertiary/aromatic N) is 2. The van der Waals surface area contributed by atoms with E-state index in [9.17, 15) is 4.79 Å². The summed E-state index contributed by atoms with van der Waals surface area (Å²) in [6.07, 6.45) is 5.23. The summed E-state index contributed by atoms with van der Waals surface area (Å²) in [6.45, 7) is 5.58. The van der Waals surface area contributed by atoms with Gasteiger partial charge in [0.05, 0.1) is 11.9 Å². The second kappa shape index (κ2) is 5.11. The Kier molecular flexibility index (Phi) is 3.68. The summed E-state index contributed by atoms with van der Waals surface area (Å²) >= 11 is 0. The van der Waals surface area contributed by atoms with E-state index in [1.54, 1.807) is 10.9 Å². The van der Waals surface area contributed by atoms with E-state index in [1.807, 2.05) is 34.0 Å². The van der Waals surface area contributed by atoms with Crippen molar-refractivity contribution in [2.45, 2.75) is 51.3 Å². The van der Waals surface area contributed by atoms with Gasteiger partial charge >= 0.3 is 6.09 Å². The number of carbonyl (C=O) groups excluding carboxylic acids is 1. The number of nitrogens with one attached hydrogen (secondary N) is 2. The predicted octanol–water partition coefficient (Wildman–Crippen LogP) is 1.89. The predicted molar refractivity (Wildman–Crippen MR) is 73.0 cm³/mol. The molecule has 1 heterocycles. The van der Waals surface area contributed by atoms with Crippen LogP contribution in [0.15, 0.2) is 12.4 Å². The summed E-state index contributed by atoms with van der Waals surface area (Å²) in [5.41, 5.74) is 0.574. The average Bonchev–Trinajstić information content (AvgIpc) is 2.58. The molecule has 1 aliphatic carbocycles. The second-order valence-electron chi connectivity index (χ2n) is 6.06. The molecule has 6 heteroatoms. The van der Waals surface area contributed by atoms with E-state index in [1.165, 1.54) is 0 Å². The Balaban J connectivity index is 1.67. The lowest BCUT2D eigenvalue weighted by atomic mass is 9.87. The zero-order valence-corrected chi connectivity index (χ0v) is 11.9. The number of hydrogen-bond acceptors (Lipinski definition) is 4. The van der Waals surface area contributed by atoms with Gasteiger partial charge < -0.3 is 15.4 Å². The van der Waals surface area contributed by atoms with Crippen molar-refractivity contribution in [1.82, 2.24) is 15.1 Å². The summed E-state index contributed by atoms with van der Waals surface area (Å²) in [5, 5.41) is 10.3. The first-order valence-corrected chi connectivity index (χ1v) is 6.56. The molecular weight excluding hydrogens is 244 g/mol. The molecule has 0 bridgehead atoms. The van der Waals surface area contributed by atoms with Crippen LogP contribution in [-0.2, 0) is 11.8 Å². The van der Waals surface area contributed by atoms with Crippen LogP contribution in [0.5, 0.6) is 0 Å². The molecule has 19 heavy (non-hydrogen) atoms. The fourth-order valence-electron chi connectivity index (χ4n) is 2.06. The number of carbonyl (C=O) groups is 1. The summed E-state index contributed by atoms with van der Waals surface area (Å²) in [7, 11) is 1.89.